The van der Waals surface area contributed by atoms with Gasteiger partial charge in [0.25, 0.3) is 0 Å². The number of anilines is 1. The monoisotopic (exact) mass is 359 g/mol. The Bertz CT molecular complexity index is 632. The standard InChI is InChI=1S/C19H26N2O2.C2H7N/c1-3-19(21-15-7-5-4-6-8-15)17(12-22)16-11-14(13(2)23)9-10-18(16)20;1-3-2/h9-12,15,21H,3-8,20H2,1-2H3;3H,1-2H3/b19-17+;. The molecule has 144 valence electrons. The third-order valence-corrected chi connectivity index (χ3v) is 4.53. The highest BCUT2D eigenvalue weighted by Crippen LogP contribution is 2.27. The molecule has 0 spiro atoms. The fourth-order valence-corrected chi connectivity index (χ4v) is 3.17. The Morgan fingerprint density at radius 1 is 1.23 bits per heavy atom. The fourth-order valence-electron chi connectivity index (χ4n) is 3.17. The average molecular weight is 360 g/mol. The molecule has 5 heteroatoms. The molecule has 1 aliphatic carbocycles. The summed E-state index contributed by atoms with van der Waals surface area (Å²) in [6, 6.07) is 5.54. The van der Waals surface area contributed by atoms with Crippen LogP contribution in [0.25, 0.3) is 5.57 Å². The Hall–Kier alpha value is -2.14. The quantitative estimate of drug-likeness (QED) is 0.313. The number of rotatable bonds is 6. The largest absolute Gasteiger partial charge is 0.398 e. The number of Topliss-reactive ketones (excluding diaryl/α,β-unsaturated/α-hetero) is 1. The van der Waals surface area contributed by atoms with Crippen LogP contribution in [-0.4, -0.2) is 32.2 Å². The first-order chi connectivity index (χ1) is 12.5. The van der Waals surface area contributed by atoms with E-state index in [1.165, 1.54) is 26.2 Å². The van der Waals surface area contributed by atoms with E-state index in [0.29, 0.717) is 28.4 Å². The third kappa shape index (κ3) is 6.30. The van der Waals surface area contributed by atoms with E-state index in [4.69, 9.17) is 5.73 Å². The lowest BCUT2D eigenvalue weighted by Crippen LogP contribution is -2.31. The average Bonchev–Trinajstić information content (AvgIpc) is 2.64. The van der Waals surface area contributed by atoms with Gasteiger partial charge in [-0.15, -0.1) is 0 Å². The maximum Gasteiger partial charge on any atom is 0.159 e. The number of nitrogens with two attached hydrogens (primary N) is 1. The molecule has 2 rings (SSSR count). The van der Waals surface area contributed by atoms with E-state index in [1.54, 1.807) is 18.2 Å². The first-order valence-electron chi connectivity index (χ1n) is 9.42. The van der Waals surface area contributed by atoms with Crippen LogP contribution in [0.15, 0.2) is 23.9 Å². The maximum absolute atomic E-state index is 11.7. The van der Waals surface area contributed by atoms with Gasteiger partial charge in [-0.25, -0.2) is 0 Å². The van der Waals surface area contributed by atoms with Crippen LogP contribution in [0, 0.1) is 0 Å². The van der Waals surface area contributed by atoms with Crippen molar-refractivity contribution in [1.29, 1.82) is 0 Å². The summed E-state index contributed by atoms with van der Waals surface area (Å²) in [6.07, 6.45) is 7.60. The summed E-state index contributed by atoms with van der Waals surface area (Å²) in [6.45, 7) is 3.54. The second-order valence-corrected chi connectivity index (χ2v) is 6.70. The third-order valence-electron chi connectivity index (χ3n) is 4.53. The smallest absolute Gasteiger partial charge is 0.159 e. The van der Waals surface area contributed by atoms with Gasteiger partial charge >= 0.3 is 0 Å². The number of aldehydes is 1. The molecule has 0 bridgehead atoms. The van der Waals surface area contributed by atoms with E-state index < -0.39 is 0 Å². The molecule has 1 saturated carbocycles. The number of allylic oxidation sites excluding steroid dienone is 2. The van der Waals surface area contributed by atoms with E-state index >= 15 is 0 Å². The highest BCUT2D eigenvalue weighted by Gasteiger charge is 2.17. The molecular formula is C21H33N3O2. The van der Waals surface area contributed by atoms with Gasteiger partial charge in [0.15, 0.2) is 12.1 Å². The van der Waals surface area contributed by atoms with Gasteiger partial charge in [-0.05, 0) is 58.5 Å². The number of hydrogen-bond donors (Lipinski definition) is 3. The number of carbonyl (C=O) groups is 2. The molecule has 0 heterocycles. The molecule has 0 unspecified atom stereocenters. The summed E-state index contributed by atoms with van der Waals surface area (Å²) >= 11 is 0. The number of nitrogens with one attached hydrogen (secondary N) is 2. The molecule has 1 aliphatic rings. The van der Waals surface area contributed by atoms with Crippen molar-refractivity contribution in [3.63, 3.8) is 0 Å². The molecule has 0 aliphatic heterocycles. The van der Waals surface area contributed by atoms with Crippen LogP contribution in [0.5, 0.6) is 0 Å². The van der Waals surface area contributed by atoms with Crippen molar-refractivity contribution in [2.75, 3.05) is 19.8 Å². The van der Waals surface area contributed by atoms with Crippen LogP contribution < -0.4 is 16.4 Å². The SMILES string of the molecule is CC/C(NC1CCCCC1)=C(/C=O)c1cc(C(C)=O)ccc1N.CNC. The van der Waals surface area contributed by atoms with Gasteiger partial charge < -0.3 is 16.4 Å². The van der Waals surface area contributed by atoms with Crippen LogP contribution in [0.2, 0.25) is 0 Å². The van der Waals surface area contributed by atoms with Crippen LogP contribution >= 0.6 is 0 Å². The normalized spacial score (nSPS) is 15.4. The minimum Gasteiger partial charge on any atom is -0.398 e. The zero-order chi connectivity index (χ0) is 19.5. The summed E-state index contributed by atoms with van der Waals surface area (Å²) in [4.78, 5) is 23.4. The predicted molar refractivity (Wildman–Crippen MR) is 109 cm³/mol. The Morgan fingerprint density at radius 2 is 1.85 bits per heavy atom. The van der Waals surface area contributed by atoms with Crippen molar-refractivity contribution in [2.45, 2.75) is 58.4 Å². The van der Waals surface area contributed by atoms with Crippen LogP contribution in [0.4, 0.5) is 5.69 Å². The summed E-state index contributed by atoms with van der Waals surface area (Å²) in [5.74, 6) is -0.0326. The lowest BCUT2D eigenvalue weighted by atomic mass is 9.93. The van der Waals surface area contributed by atoms with E-state index in [-0.39, 0.29) is 5.78 Å². The van der Waals surface area contributed by atoms with E-state index in [0.717, 1.165) is 31.2 Å². The molecule has 0 amide bonds. The van der Waals surface area contributed by atoms with Crippen LogP contribution in [-0.2, 0) is 4.79 Å². The van der Waals surface area contributed by atoms with Crippen LogP contribution in [0.1, 0.15) is 68.3 Å². The van der Waals surface area contributed by atoms with Crippen molar-refractivity contribution in [1.82, 2.24) is 10.6 Å². The van der Waals surface area contributed by atoms with Gasteiger partial charge in [-0.1, -0.05) is 26.2 Å². The van der Waals surface area contributed by atoms with Crippen molar-refractivity contribution < 1.29 is 9.59 Å². The van der Waals surface area contributed by atoms with Crippen molar-refractivity contribution in [3.05, 3.63) is 35.0 Å². The molecule has 4 N–H and O–H groups in total. The Kier molecular flexibility index (Phi) is 9.66. The Morgan fingerprint density at radius 3 is 2.35 bits per heavy atom. The minimum absolute atomic E-state index is 0.0326. The molecule has 1 aromatic carbocycles. The first-order valence-corrected chi connectivity index (χ1v) is 9.42. The second kappa shape index (κ2) is 11.5. The van der Waals surface area contributed by atoms with Crippen molar-refractivity contribution >= 4 is 23.3 Å². The van der Waals surface area contributed by atoms with E-state index in [1.807, 2.05) is 21.0 Å². The zero-order valence-electron chi connectivity index (χ0n) is 16.5. The topological polar surface area (TPSA) is 84.2 Å². The zero-order valence-corrected chi connectivity index (χ0v) is 16.5. The number of carbonyl (C=O) groups excluding carboxylic acids is 2. The number of ketones is 1. The Labute approximate surface area is 157 Å². The molecule has 0 aromatic heterocycles. The lowest BCUT2D eigenvalue weighted by Gasteiger charge is -2.26. The number of hydrogen-bond acceptors (Lipinski definition) is 5. The van der Waals surface area contributed by atoms with Gasteiger partial charge in [-0.3, -0.25) is 9.59 Å². The highest BCUT2D eigenvalue weighted by molar-refractivity contribution is 6.11. The highest BCUT2D eigenvalue weighted by atomic mass is 16.1. The van der Waals surface area contributed by atoms with Gasteiger partial charge in [0.2, 0.25) is 0 Å². The maximum atomic E-state index is 11.7. The molecule has 5 nitrogen and oxygen atoms in total. The van der Waals surface area contributed by atoms with Crippen molar-refractivity contribution in [2.24, 2.45) is 0 Å². The van der Waals surface area contributed by atoms with Gasteiger partial charge in [0.1, 0.15) is 0 Å². The molecule has 1 fully saturated rings. The van der Waals surface area contributed by atoms with E-state index in [2.05, 4.69) is 10.6 Å². The second-order valence-electron chi connectivity index (χ2n) is 6.70. The Balaban J connectivity index is 0.00000105. The van der Waals surface area contributed by atoms with Crippen molar-refractivity contribution in [3.8, 4) is 0 Å². The molecular weight excluding hydrogens is 326 g/mol. The summed E-state index contributed by atoms with van der Waals surface area (Å²) < 4.78 is 0. The van der Waals surface area contributed by atoms with Gasteiger partial charge in [0.05, 0.1) is 0 Å². The lowest BCUT2D eigenvalue weighted by molar-refractivity contribution is -0.103. The van der Waals surface area contributed by atoms with E-state index in [9.17, 15) is 9.59 Å². The van der Waals surface area contributed by atoms with Gasteiger partial charge in [0, 0.05) is 34.1 Å². The summed E-state index contributed by atoms with van der Waals surface area (Å²) in [5, 5.41) is 6.29. The fraction of sp³-hybridized carbons (Fsp3) is 0.524. The molecule has 0 saturated heterocycles. The first kappa shape index (κ1) is 21.9. The minimum atomic E-state index is -0.0326. The molecule has 1 aromatic rings. The number of benzene rings is 1. The number of nitrogen functional groups attached to an aromatic ring is 1. The summed E-state index contributed by atoms with van der Waals surface area (Å²) in [5.41, 5.74) is 9.28. The summed E-state index contributed by atoms with van der Waals surface area (Å²) in [7, 11) is 3.75. The predicted octanol–water partition coefficient (Wildman–Crippen LogP) is 3.55. The molecule has 26 heavy (non-hydrogen) atoms. The molecule has 0 radical (unpaired) electrons. The van der Waals surface area contributed by atoms with Crippen LogP contribution in [0.3, 0.4) is 0 Å². The molecule has 0 atom stereocenters. The van der Waals surface area contributed by atoms with Gasteiger partial charge in [-0.2, -0.15) is 0 Å².